The highest BCUT2D eigenvalue weighted by Gasteiger charge is 2.17. The summed E-state index contributed by atoms with van der Waals surface area (Å²) in [6.45, 7) is 9.73. The van der Waals surface area contributed by atoms with E-state index < -0.39 is 0 Å². The van der Waals surface area contributed by atoms with Crippen molar-refractivity contribution in [2.75, 3.05) is 26.3 Å². The molecule has 0 aliphatic heterocycles. The maximum absolute atomic E-state index is 5.50. The van der Waals surface area contributed by atoms with Crippen LogP contribution in [0.1, 0.15) is 52.9 Å². The lowest BCUT2D eigenvalue weighted by atomic mass is 9.81. The number of ether oxygens (including phenoxy) is 2. The summed E-state index contributed by atoms with van der Waals surface area (Å²) < 4.78 is 11.0. The molecule has 1 fully saturated rings. The molecule has 3 heteroatoms. The highest BCUT2D eigenvalue weighted by molar-refractivity contribution is 4.70. The summed E-state index contributed by atoms with van der Waals surface area (Å²) in [6.07, 6.45) is 6.91. The van der Waals surface area contributed by atoms with E-state index in [1.807, 2.05) is 13.8 Å². The van der Waals surface area contributed by atoms with Gasteiger partial charge in [-0.3, -0.25) is 0 Å². The molecule has 3 nitrogen and oxygen atoms in total. The first kappa shape index (κ1) is 15.9. The molecule has 0 amide bonds. The topological polar surface area (TPSA) is 30.5 Å². The Morgan fingerprint density at radius 1 is 1.06 bits per heavy atom. The molecule has 0 heterocycles. The molecule has 0 bridgehead atoms. The number of hydrogen-bond acceptors (Lipinski definition) is 3. The molecule has 0 atom stereocenters. The van der Waals surface area contributed by atoms with E-state index in [1.54, 1.807) is 0 Å². The average molecular weight is 257 g/mol. The molecular weight excluding hydrogens is 226 g/mol. The number of rotatable bonds is 9. The molecule has 0 aromatic heterocycles. The molecule has 0 spiro atoms. The predicted molar refractivity (Wildman–Crippen MR) is 75.6 cm³/mol. The number of hydrogen-bond donors (Lipinski definition) is 1. The van der Waals surface area contributed by atoms with E-state index in [9.17, 15) is 0 Å². The standard InChI is InChI=1S/C15H31NO2/c1-4-17-15(18-5-2)12-16-11-10-14-8-6-13(3)7-9-14/h13-16H,4-12H2,1-3H3. The molecule has 1 aliphatic rings. The Bertz CT molecular complexity index is 185. The summed E-state index contributed by atoms with van der Waals surface area (Å²) in [4.78, 5) is 0. The molecule has 108 valence electrons. The zero-order valence-electron chi connectivity index (χ0n) is 12.4. The summed E-state index contributed by atoms with van der Waals surface area (Å²) in [5.74, 6) is 1.89. The Morgan fingerprint density at radius 3 is 2.22 bits per heavy atom. The maximum atomic E-state index is 5.50. The van der Waals surface area contributed by atoms with Crippen LogP contribution in [0.5, 0.6) is 0 Å². The van der Waals surface area contributed by atoms with E-state index in [0.29, 0.717) is 13.2 Å². The SMILES string of the molecule is CCOC(CNCCC1CCC(C)CC1)OCC. The minimum absolute atomic E-state index is 0.0774. The van der Waals surface area contributed by atoms with Gasteiger partial charge in [0.05, 0.1) is 0 Å². The third-order valence-electron chi connectivity index (χ3n) is 3.88. The first-order valence-electron chi connectivity index (χ1n) is 7.70. The minimum atomic E-state index is -0.0774. The van der Waals surface area contributed by atoms with Gasteiger partial charge in [0.15, 0.2) is 6.29 Å². The second-order valence-electron chi connectivity index (χ2n) is 5.46. The molecule has 1 N–H and O–H groups in total. The van der Waals surface area contributed by atoms with Crippen molar-refractivity contribution in [3.05, 3.63) is 0 Å². The average Bonchev–Trinajstić information content (AvgIpc) is 2.37. The molecule has 1 saturated carbocycles. The second kappa shape index (κ2) is 9.76. The van der Waals surface area contributed by atoms with Gasteiger partial charge in [-0.1, -0.05) is 32.6 Å². The zero-order valence-corrected chi connectivity index (χ0v) is 12.4. The third kappa shape index (κ3) is 6.72. The quantitative estimate of drug-likeness (QED) is 0.508. The fourth-order valence-electron chi connectivity index (χ4n) is 2.68. The van der Waals surface area contributed by atoms with Gasteiger partial charge in [0.2, 0.25) is 0 Å². The molecule has 0 radical (unpaired) electrons. The van der Waals surface area contributed by atoms with Crippen LogP contribution in [0, 0.1) is 11.8 Å². The Labute approximate surface area is 113 Å². The van der Waals surface area contributed by atoms with Crippen molar-refractivity contribution in [3.63, 3.8) is 0 Å². The first-order chi connectivity index (χ1) is 8.76. The van der Waals surface area contributed by atoms with Crippen molar-refractivity contribution < 1.29 is 9.47 Å². The highest BCUT2D eigenvalue weighted by atomic mass is 16.7. The van der Waals surface area contributed by atoms with Crippen molar-refractivity contribution >= 4 is 0 Å². The van der Waals surface area contributed by atoms with Gasteiger partial charge in [0, 0.05) is 19.8 Å². The summed E-state index contributed by atoms with van der Waals surface area (Å²) in [5.41, 5.74) is 0. The van der Waals surface area contributed by atoms with E-state index in [2.05, 4.69) is 12.2 Å². The van der Waals surface area contributed by atoms with Crippen LogP contribution < -0.4 is 5.32 Å². The predicted octanol–water partition coefficient (Wildman–Crippen LogP) is 3.19. The van der Waals surface area contributed by atoms with Gasteiger partial charge in [0.25, 0.3) is 0 Å². The van der Waals surface area contributed by atoms with Crippen LogP contribution in [0.2, 0.25) is 0 Å². The van der Waals surface area contributed by atoms with Crippen molar-refractivity contribution in [1.29, 1.82) is 0 Å². The largest absolute Gasteiger partial charge is 0.352 e. The molecule has 0 saturated heterocycles. The van der Waals surface area contributed by atoms with E-state index in [4.69, 9.17) is 9.47 Å². The van der Waals surface area contributed by atoms with Gasteiger partial charge < -0.3 is 14.8 Å². The van der Waals surface area contributed by atoms with Gasteiger partial charge >= 0.3 is 0 Å². The Hall–Kier alpha value is -0.120. The summed E-state index contributed by atoms with van der Waals surface area (Å²) in [5, 5.41) is 3.46. The lowest BCUT2D eigenvalue weighted by molar-refractivity contribution is -0.132. The van der Waals surface area contributed by atoms with Crippen LogP contribution in [-0.2, 0) is 9.47 Å². The van der Waals surface area contributed by atoms with Crippen molar-refractivity contribution in [2.24, 2.45) is 11.8 Å². The maximum Gasteiger partial charge on any atom is 0.169 e. The van der Waals surface area contributed by atoms with Crippen LogP contribution >= 0.6 is 0 Å². The molecule has 1 rings (SSSR count). The number of nitrogens with one attached hydrogen (secondary N) is 1. The van der Waals surface area contributed by atoms with Crippen LogP contribution in [0.15, 0.2) is 0 Å². The Balaban J connectivity index is 2.02. The normalized spacial score (nSPS) is 24.7. The second-order valence-corrected chi connectivity index (χ2v) is 5.46. The van der Waals surface area contributed by atoms with E-state index in [1.165, 1.54) is 32.1 Å². The van der Waals surface area contributed by atoms with E-state index >= 15 is 0 Å². The summed E-state index contributed by atoms with van der Waals surface area (Å²) >= 11 is 0. The van der Waals surface area contributed by atoms with Gasteiger partial charge in [-0.05, 0) is 38.6 Å². The van der Waals surface area contributed by atoms with Crippen LogP contribution in [-0.4, -0.2) is 32.6 Å². The molecule has 0 aromatic rings. The Morgan fingerprint density at radius 2 is 1.67 bits per heavy atom. The van der Waals surface area contributed by atoms with Crippen LogP contribution in [0.3, 0.4) is 0 Å². The minimum Gasteiger partial charge on any atom is -0.352 e. The van der Waals surface area contributed by atoms with Crippen molar-refractivity contribution in [2.45, 2.75) is 59.2 Å². The molecule has 1 aliphatic carbocycles. The summed E-state index contributed by atoms with van der Waals surface area (Å²) in [6, 6.07) is 0. The van der Waals surface area contributed by atoms with Crippen LogP contribution in [0.4, 0.5) is 0 Å². The first-order valence-corrected chi connectivity index (χ1v) is 7.70. The zero-order chi connectivity index (χ0) is 13.2. The smallest absolute Gasteiger partial charge is 0.169 e. The molecule has 18 heavy (non-hydrogen) atoms. The van der Waals surface area contributed by atoms with Gasteiger partial charge in [-0.25, -0.2) is 0 Å². The van der Waals surface area contributed by atoms with Crippen LogP contribution in [0.25, 0.3) is 0 Å². The van der Waals surface area contributed by atoms with Gasteiger partial charge in [-0.2, -0.15) is 0 Å². The van der Waals surface area contributed by atoms with Gasteiger partial charge in [-0.15, -0.1) is 0 Å². The fraction of sp³-hybridized carbons (Fsp3) is 1.00. The van der Waals surface area contributed by atoms with Crippen molar-refractivity contribution in [1.82, 2.24) is 5.32 Å². The van der Waals surface area contributed by atoms with E-state index in [-0.39, 0.29) is 6.29 Å². The summed E-state index contributed by atoms with van der Waals surface area (Å²) in [7, 11) is 0. The molecule has 0 unspecified atom stereocenters. The highest BCUT2D eigenvalue weighted by Crippen LogP contribution is 2.29. The van der Waals surface area contributed by atoms with Gasteiger partial charge in [0.1, 0.15) is 0 Å². The van der Waals surface area contributed by atoms with Crippen molar-refractivity contribution in [3.8, 4) is 0 Å². The third-order valence-corrected chi connectivity index (χ3v) is 3.88. The fourth-order valence-corrected chi connectivity index (χ4v) is 2.68. The molecular formula is C15H31NO2. The van der Waals surface area contributed by atoms with E-state index in [0.717, 1.165) is 24.9 Å². The molecule has 0 aromatic carbocycles. The Kier molecular flexibility index (Phi) is 8.64. The lowest BCUT2D eigenvalue weighted by Crippen LogP contribution is -2.33. The monoisotopic (exact) mass is 257 g/mol. The lowest BCUT2D eigenvalue weighted by Gasteiger charge is -2.26.